The van der Waals surface area contributed by atoms with Gasteiger partial charge in [0.25, 0.3) is 0 Å². The minimum atomic E-state index is 0.826. The van der Waals surface area contributed by atoms with Gasteiger partial charge in [-0.3, -0.25) is 0 Å². The molecule has 0 rings (SSSR count). The second kappa shape index (κ2) is 8.00. The highest BCUT2D eigenvalue weighted by Crippen LogP contribution is 2.04. The fourth-order valence-electron chi connectivity index (χ4n) is 0.760. The molecule has 0 aromatic heterocycles. The Balaban J connectivity index is 2.60. The summed E-state index contributed by atoms with van der Waals surface area (Å²) in [6.45, 7) is 10.5. The summed E-state index contributed by atoms with van der Waals surface area (Å²) in [4.78, 5) is 0. The van der Waals surface area contributed by atoms with E-state index in [1.54, 1.807) is 6.42 Å². The molecule has 0 heterocycles. The first-order valence-electron chi connectivity index (χ1n) is 3.65. The van der Waals surface area contributed by atoms with Gasteiger partial charge in [-0.05, 0) is 33.1 Å². The standard InChI is InChI=1S/C9H15/c1-3-5-7-9-8-6-4-2/h1-3H,4-9H2. The predicted octanol–water partition coefficient (Wildman–Crippen LogP) is 2.95. The van der Waals surface area contributed by atoms with Crippen LogP contribution in [-0.4, -0.2) is 0 Å². The van der Waals surface area contributed by atoms with Gasteiger partial charge in [0.1, 0.15) is 0 Å². The molecule has 0 bridgehead atoms. The average molecular weight is 123 g/mol. The quantitative estimate of drug-likeness (QED) is 0.476. The molecule has 0 saturated heterocycles. The lowest BCUT2D eigenvalue weighted by Gasteiger charge is -1.95. The van der Waals surface area contributed by atoms with Gasteiger partial charge in [-0.25, -0.2) is 0 Å². The Bertz CT molecular complexity index is 33.3. The van der Waals surface area contributed by atoms with E-state index in [1.165, 1.54) is 19.3 Å². The van der Waals surface area contributed by atoms with E-state index in [2.05, 4.69) is 0 Å². The maximum absolute atomic E-state index is 5.31. The van der Waals surface area contributed by atoms with E-state index in [4.69, 9.17) is 13.8 Å². The molecule has 0 fully saturated rings. The molecule has 0 heteroatoms. The van der Waals surface area contributed by atoms with E-state index in [0.29, 0.717) is 0 Å². The van der Waals surface area contributed by atoms with Crippen LogP contribution in [-0.2, 0) is 0 Å². The van der Waals surface area contributed by atoms with Crippen LogP contribution in [0.25, 0.3) is 0 Å². The number of hydrogen-bond donors (Lipinski definition) is 0. The van der Waals surface area contributed by atoms with Gasteiger partial charge in [-0.15, -0.1) is 0 Å². The minimum Gasteiger partial charge on any atom is -0.0533 e. The van der Waals surface area contributed by atoms with Crippen molar-refractivity contribution < 1.29 is 0 Å². The summed E-state index contributed by atoms with van der Waals surface area (Å²) in [5, 5.41) is 0. The molecule has 0 saturated carbocycles. The van der Waals surface area contributed by atoms with Crippen LogP contribution in [0.3, 0.4) is 0 Å². The van der Waals surface area contributed by atoms with Crippen molar-refractivity contribution in [1.82, 2.24) is 0 Å². The van der Waals surface area contributed by atoms with Gasteiger partial charge in [0, 0.05) is 0 Å². The maximum Gasteiger partial charge on any atom is -0.0315 e. The van der Waals surface area contributed by atoms with Gasteiger partial charge >= 0.3 is 0 Å². The Morgan fingerprint density at radius 2 is 1.67 bits per heavy atom. The van der Waals surface area contributed by atoms with Gasteiger partial charge < -0.3 is 0 Å². The molecule has 0 atom stereocenters. The molecule has 0 aromatic carbocycles. The molecule has 9 heavy (non-hydrogen) atoms. The zero-order chi connectivity index (χ0) is 6.95. The Kier molecular flexibility index (Phi) is 8.00. The third-order valence-corrected chi connectivity index (χ3v) is 1.32. The molecule has 0 aliphatic carbocycles. The van der Waals surface area contributed by atoms with Gasteiger partial charge in [-0.2, -0.15) is 0 Å². The molecule has 0 aliphatic heterocycles. The highest BCUT2D eigenvalue weighted by atomic mass is 13.9. The Morgan fingerprint density at radius 1 is 1.00 bits per heavy atom. The van der Waals surface area contributed by atoms with Crippen LogP contribution in [0.2, 0.25) is 0 Å². The summed E-state index contributed by atoms with van der Waals surface area (Å²) in [6.07, 6.45) is 8.50. The first-order chi connectivity index (χ1) is 4.41. The summed E-state index contributed by atoms with van der Waals surface area (Å²) < 4.78 is 0. The second-order valence-electron chi connectivity index (χ2n) is 2.23. The van der Waals surface area contributed by atoms with Crippen LogP contribution in [0.5, 0.6) is 0 Å². The van der Waals surface area contributed by atoms with Crippen molar-refractivity contribution in [3.8, 4) is 0 Å². The lowest BCUT2D eigenvalue weighted by Crippen LogP contribution is -1.76. The van der Waals surface area contributed by atoms with E-state index < -0.39 is 0 Å². The molecule has 0 N–H and O–H groups in total. The first-order valence-corrected chi connectivity index (χ1v) is 3.65. The van der Waals surface area contributed by atoms with Crippen molar-refractivity contribution in [3.63, 3.8) is 0 Å². The first kappa shape index (κ1) is 9.00. The lowest BCUT2D eigenvalue weighted by atomic mass is 10.1. The molecular weight excluding hydrogens is 108 g/mol. The molecule has 0 nitrogen and oxygen atoms in total. The van der Waals surface area contributed by atoms with Crippen LogP contribution in [0.15, 0.2) is 0 Å². The fourth-order valence-corrected chi connectivity index (χ4v) is 0.760. The highest BCUT2D eigenvalue weighted by Gasteiger charge is 1.86. The van der Waals surface area contributed by atoms with Crippen molar-refractivity contribution in [2.75, 3.05) is 0 Å². The third kappa shape index (κ3) is 8.00. The van der Waals surface area contributed by atoms with Crippen LogP contribution >= 0.6 is 0 Å². The lowest BCUT2D eigenvalue weighted by molar-refractivity contribution is 0.645. The van der Waals surface area contributed by atoms with Gasteiger partial charge in [0.05, 0.1) is 0 Å². The molecule has 5 radical (unpaired) electrons. The summed E-state index contributed by atoms with van der Waals surface area (Å²) >= 11 is 0. The Hall–Kier alpha value is 0. The summed E-state index contributed by atoms with van der Waals surface area (Å²) in [7, 11) is 0. The summed E-state index contributed by atoms with van der Waals surface area (Å²) in [5.41, 5.74) is 0. The fraction of sp³-hybridized carbons (Fsp3) is 0.667. The molecule has 0 aliphatic rings. The molecule has 0 unspecified atom stereocenters. The van der Waals surface area contributed by atoms with Crippen molar-refractivity contribution in [3.05, 3.63) is 20.3 Å². The highest BCUT2D eigenvalue weighted by molar-refractivity contribution is 4.65. The smallest absolute Gasteiger partial charge is 0.0315 e. The maximum atomic E-state index is 5.31. The molecule has 0 spiro atoms. The zero-order valence-electron chi connectivity index (χ0n) is 5.97. The van der Waals surface area contributed by atoms with E-state index in [1.807, 2.05) is 0 Å². The monoisotopic (exact) mass is 123 g/mol. The Labute approximate surface area is 59.7 Å². The predicted molar refractivity (Wildman–Crippen MR) is 40.6 cm³/mol. The topological polar surface area (TPSA) is 0 Å². The van der Waals surface area contributed by atoms with Crippen LogP contribution in [0, 0.1) is 20.3 Å². The average Bonchev–Trinajstić information content (AvgIpc) is 1.89. The van der Waals surface area contributed by atoms with Gasteiger partial charge in [0.15, 0.2) is 0 Å². The van der Waals surface area contributed by atoms with E-state index in [-0.39, 0.29) is 0 Å². The van der Waals surface area contributed by atoms with E-state index in [9.17, 15) is 0 Å². The van der Waals surface area contributed by atoms with Crippen LogP contribution < -0.4 is 0 Å². The van der Waals surface area contributed by atoms with Crippen molar-refractivity contribution >= 4 is 0 Å². The van der Waals surface area contributed by atoms with E-state index in [0.717, 1.165) is 19.3 Å². The zero-order valence-corrected chi connectivity index (χ0v) is 5.97. The van der Waals surface area contributed by atoms with Crippen molar-refractivity contribution in [2.45, 2.75) is 38.5 Å². The Morgan fingerprint density at radius 3 is 2.22 bits per heavy atom. The summed E-state index contributed by atoms with van der Waals surface area (Å²) in [6, 6.07) is 0. The van der Waals surface area contributed by atoms with Crippen LogP contribution in [0.1, 0.15) is 38.5 Å². The second-order valence-corrected chi connectivity index (χ2v) is 2.23. The summed E-state index contributed by atoms with van der Waals surface area (Å²) in [5.74, 6) is 0. The molecule has 0 aromatic rings. The van der Waals surface area contributed by atoms with Gasteiger partial charge in [0.2, 0.25) is 0 Å². The third-order valence-electron chi connectivity index (χ3n) is 1.32. The molecule has 0 amide bonds. The van der Waals surface area contributed by atoms with Crippen LogP contribution in [0.4, 0.5) is 0 Å². The SMILES string of the molecule is [CH][CH]CCCCCC[CH]. The molecular formula is C9H15. The number of unbranched alkanes of at least 4 members (excludes halogenated alkanes) is 6. The largest absolute Gasteiger partial charge is 0.0533 e. The normalized spacial score (nSPS) is 10.0. The number of hydrogen-bond acceptors (Lipinski definition) is 0. The van der Waals surface area contributed by atoms with Crippen molar-refractivity contribution in [1.29, 1.82) is 0 Å². The number of rotatable bonds is 6. The van der Waals surface area contributed by atoms with Crippen molar-refractivity contribution in [2.24, 2.45) is 0 Å². The minimum absolute atomic E-state index is 0.826. The van der Waals surface area contributed by atoms with Gasteiger partial charge in [-0.1, -0.05) is 25.7 Å². The molecule has 51 valence electrons. The van der Waals surface area contributed by atoms with E-state index >= 15 is 0 Å².